The molecule has 0 aliphatic heterocycles. The molecule has 1 amide bonds. The molecule has 1 aromatic heterocycles. The molecule has 3 N–H and O–H groups in total. The first-order chi connectivity index (χ1) is 7.54. The second-order valence-electron chi connectivity index (χ2n) is 3.93. The van der Waals surface area contributed by atoms with Crippen LogP contribution in [0.15, 0.2) is 6.20 Å². The van der Waals surface area contributed by atoms with Gasteiger partial charge in [0.2, 0.25) is 5.91 Å². The van der Waals surface area contributed by atoms with Crippen molar-refractivity contribution >= 4 is 17.2 Å². The van der Waals surface area contributed by atoms with Crippen molar-refractivity contribution in [3.63, 3.8) is 0 Å². The van der Waals surface area contributed by atoms with Gasteiger partial charge in [0, 0.05) is 11.1 Å². The van der Waals surface area contributed by atoms with Crippen LogP contribution in [0.25, 0.3) is 0 Å². The van der Waals surface area contributed by atoms with Crippen LogP contribution >= 0.6 is 11.3 Å². The van der Waals surface area contributed by atoms with Gasteiger partial charge in [-0.05, 0) is 20.3 Å². The molecule has 1 unspecified atom stereocenters. The summed E-state index contributed by atoms with van der Waals surface area (Å²) < 4.78 is 0. The Kier molecular flexibility index (Phi) is 4.89. The number of nitrogens with zero attached hydrogens (tertiary/aromatic N) is 1. The van der Waals surface area contributed by atoms with E-state index in [1.807, 2.05) is 27.0 Å². The fraction of sp³-hybridized carbons (Fsp3) is 0.636. The number of hydrogen-bond acceptors (Lipinski definition) is 4. The molecule has 1 rings (SSSR count). The first-order valence-corrected chi connectivity index (χ1v) is 6.34. The van der Waals surface area contributed by atoms with Crippen LogP contribution in [0, 0.1) is 6.92 Å². The SMILES string of the molecule is CCC[C@H](N)C(=O)NC(C)c1ncc(C)s1. The zero-order valence-corrected chi connectivity index (χ0v) is 10.8. The van der Waals surface area contributed by atoms with Crippen LogP contribution in [0.4, 0.5) is 0 Å². The Bertz CT molecular complexity index is 351. The maximum atomic E-state index is 11.7. The zero-order chi connectivity index (χ0) is 12.1. The minimum atomic E-state index is -0.409. The summed E-state index contributed by atoms with van der Waals surface area (Å²) in [6.07, 6.45) is 3.45. The first kappa shape index (κ1) is 13.1. The van der Waals surface area contributed by atoms with Gasteiger partial charge in [0.15, 0.2) is 0 Å². The summed E-state index contributed by atoms with van der Waals surface area (Å²) in [6.45, 7) is 5.94. The van der Waals surface area contributed by atoms with Crippen molar-refractivity contribution in [2.45, 2.75) is 45.7 Å². The highest BCUT2D eigenvalue weighted by Crippen LogP contribution is 2.18. The minimum Gasteiger partial charge on any atom is -0.346 e. The lowest BCUT2D eigenvalue weighted by molar-refractivity contribution is -0.123. The van der Waals surface area contributed by atoms with E-state index in [2.05, 4.69) is 10.3 Å². The smallest absolute Gasteiger partial charge is 0.237 e. The summed E-state index contributed by atoms with van der Waals surface area (Å²) in [5, 5.41) is 3.80. The van der Waals surface area contributed by atoms with Gasteiger partial charge in [0.05, 0.1) is 12.1 Å². The summed E-state index contributed by atoms with van der Waals surface area (Å²) >= 11 is 1.60. The molecule has 0 bridgehead atoms. The predicted octanol–water partition coefficient (Wildman–Crippen LogP) is 1.76. The molecule has 5 heteroatoms. The van der Waals surface area contributed by atoms with Gasteiger partial charge < -0.3 is 11.1 Å². The second kappa shape index (κ2) is 5.96. The molecule has 1 heterocycles. The van der Waals surface area contributed by atoms with E-state index in [-0.39, 0.29) is 11.9 Å². The van der Waals surface area contributed by atoms with Gasteiger partial charge in [0.1, 0.15) is 5.01 Å². The molecular weight excluding hydrogens is 222 g/mol. The average Bonchev–Trinajstić information content (AvgIpc) is 2.65. The lowest BCUT2D eigenvalue weighted by atomic mass is 10.1. The topological polar surface area (TPSA) is 68.0 Å². The molecule has 0 saturated heterocycles. The Labute approximate surface area is 100 Å². The predicted molar refractivity (Wildman–Crippen MR) is 66.3 cm³/mol. The largest absolute Gasteiger partial charge is 0.346 e. The number of aromatic nitrogens is 1. The van der Waals surface area contributed by atoms with Gasteiger partial charge in [-0.25, -0.2) is 4.98 Å². The molecule has 0 radical (unpaired) electrons. The molecule has 0 fully saturated rings. The number of rotatable bonds is 5. The number of carbonyl (C=O) groups excluding carboxylic acids is 1. The maximum Gasteiger partial charge on any atom is 0.237 e. The third-order valence-electron chi connectivity index (χ3n) is 2.30. The van der Waals surface area contributed by atoms with Gasteiger partial charge in [-0.3, -0.25) is 4.79 Å². The molecule has 2 atom stereocenters. The summed E-state index contributed by atoms with van der Waals surface area (Å²) in [7, 11) is 0. The van der Waals surface area contributed by atoms with Crippen LogP contribution in [0.2, 0.25) is 0 Å². The van der Waals surface area contributed by atoms with E-state index in [0.29, 0.717) is 0 Å². The summed E-state index contributed by atoms with van der Waals surface area (Å²) in [5.41, 5.74) is 5.73. The van der Waals surface area contributed by atoms with Crippen molar-refractivity contribution in [2.75, 3.05) is 0 Å². The van der Waals surface area contributed by atoms with Crippen molar-refractivity contribution in [3.8, 4) is 0 Å². The second-order valence-corrected chi connectivity index (χ2v) is 5.20. The van der Waals surface area contributed by atoms with Crippen molar-refractivity contribution in [2.24, 2.45) is 5.73 Å². The molecule has 90 valence electrons. The van der Waals surface area contributed by atoms with Crippen molar-refractivity contribution in [1.29, 1.82) is 0 Å². The molecule has 1 aromatic rings. The summed E-state index contributed by atoms with van der Waals surface area (Å²) in [6, 6.07) is -0.470. The number of carbonyl (C=O) groups is 1. The Morgan fingerprint density at radius 1 is 1.69 bits per heavy atom. The van der Waals surface area contributed by atoms with Gasteiger partial charge in [-0.15, -0.1) is 11.3 Å². The average molecular weight is 241 g/mol. The molecule has 4 nitrogen and oxygen atoms in total. The molecule has 0 aliphatic rings. The molecule has 0 spiro atoms. The Morgan fingerprint density at radius 3 is 2.88 bits per heavy atom. The van der Waals surface area contributed by atoms with Crippen LogP contribution in [0.5, 0.6) is 0 Å². The fourth-order valence-electron chi connectivity index (χ4n) is 1.40. The van der Waals surface area contributed by atoms with E-state index < -0.39 is 6.04 Å². The highest BCUT2D eigenvalue weighted by molar-refractivity contribution is 7.11. The van der Waals surface area contributed by atoms with Crippen molar-refractivity contribution in [3.05, 3.63) is 16.1 Å². The Hall–Kier alpha value is -0.940. The van der Waals surface area contributed by atoms with E-state index in [9.17, 15) is 4.79 Å². The van der Waals surface area contributed by atoms with Gasteiger partial charge >= 0.3 is 0 Å². The normalized spacial score (nSPS) is 14.5. The maximum absolute atomic E-state index is 11.7. The van der Waals surface area contributed by atoms with Crippen LogP contribution in [0.3, 0.4) is 0 Å². The van der Waals surface area contributed by atoms with Crippen molar-refractivity contribution in [1.82, 2.24) is 10.3 Å². The summed E-state index contributed by atoms with van der Waals surface area (Å²) in [5.74, 6) is -0.0952. The molecule has 0 aromatic carbocycles. The number of nitrogens with one attached hydrogen (secondary N) is 1. The molecule has 0 aliphatic carbocycles. The third-order valence-corrected chi connectivity index (χ3v) is 3.40. The van der Waals surface area contributed by atoms with Gasteiger partial charge in [-0.1, -0.05) is 13.3 Å². The number of amides is 1. The quantitative estimate of drug-likeness (QED) is 0.825. The number of thiazole rings is 1. The molecule has 0 saturated carbocycles. The van der Waals surface area contributed by atoms with Crippen LogP contribution in [-0.4, -0.2) is 16.9 Å². The third kappa shape index (κ3) is 3.57. The lowest BCUT2D eigenvalue weighted by Crippen LogP contribution is -2.41. The highest BCUT2D eigenvalue weighted by Gasteiger charge is 2.17. The Balaban J connectivity index is 2.51. The van der Waals surface area contributed by atoms with Gasteiger partial charge in [0.25, 0.3) is 0 Å². The zero-order valence-electron chi connectivity index (χ0n) is 9.99. The highest BCUT2D eigenvalue weighted by atomic mass is 32.1. The van der Waals surface area contributed by atoms with E-state index in [1.165, 1.54) is 0 Å². The van der Waals surface area contributed by atoms with E-state index in [1.54, 1.807) is 11.3 Å². The van der Waals surface area contributed by atoms with Crippen LogP contribution in [0.1, 0.15) is 42.6 Å². The monoisotopic (exact) mass is 241 g/mol. The van der Waals surface area contributed by atoms with Crippen LogP contribution < -0.4 is 11.1 Å². The standard InChI is InChI=1S/C11H19N3OS/c1-4-5-9(12)10(15)14-8(3)11-13-6-7(2)16-11/h6,8-9H,4-5,12H2,1-3H3,(H,14,15)/t8?,9-/m0/s1. The summed E-state index contributed by atoms with van der Waals surface area (Å²) in [4.78, 5) is 17.0. The van der Waals surface area contributed by atoms with E-state index in [0.717, 1.165) is 22.7 Å². The van der Waals surface area contributed by atoms with E-state index >= 15 is 0 Å². The Morgan fingerprint density at radius 2 is 2.38 bits per heavy atom. The molecular formula is C11H19N3OS. The lowest BCUT2D eigenvalue weighted by Gasteiger charge is -2.15. The number of hydrogen-bond donors (Lipinski definition) is 2. The fourth-order valence-corrected chi connectivity index (χ4v) is 2.17. The molecule has 16 heavy (non-hydrogen) atoms. The number of nitrogens with two attached hydrogens (primary N) is 1. The van der Waals surface area contributed by atoms with Gasteiger partial charge in [-0.2, -0.15) is 0 Å². The first-order valence-electron chi connectivity index (χ1n) is 5.52. The van der Waals surface area contributed by atoms with Crippen LogP contribution in [-0.2, 0) is 4.79 Å². The van der Waals surface area contributed by atoms with E-state index in [4.69, 9.17) is 5.73 Å². The number of aryl methyl sites for hydroxylation is 1. The minimum absolute atomic E-state index is 0.0610. The van der Waals surface area contributed by atoms with Crippen molar-refractivity contribution < 1.29 is 4.79 Å².